The fourth-order valence-corrected chi connectivity index (χ4v) is 2.34. The van der Waals surface area contributed by atoms with Crippen LogP contribution in [0.5, 0.6) is 0 Å². The van der Waals surface area contributed by atoms with Crippen molar-refractivity contribution in [2.75, 3.05) is 0 Å². The van der Waals surface area contributed by atoms with E-state index in [2.05, 4.69) is 39.8 Å². The third-order valence-corrected chi connectivity index (χ3v) is 3.34. The van der Waals surface area contributed by atoms with E-state index >= 15 is 0 Å². The first-order valence-corrected chi connectivity index (χ1v) is 7.41. The summed E-state index contributed by atoms with van der Waals surface area (Å²) in [5.74, 6) is 1.72. The van der Waals surface area contributed by atoms with E-state index in [-0.39, 0.29) is 0 Å². The molecule has 0 saturated carbocycles. The minimum Gasteiger partial charge on any atom is -0.0880 e. The molecule has 96 valence electrons. The molecule has 2 unspecified atom stereocenters. The zero-order valence-electron chi connectivity index (χ0n) is 12.0. The van der Waals surface area contributed by atoms with Gasteiger partial charge in [0, 0.05) is 0 Å². The van der Waals surface area contributed by atoms with E-state index in [1.165, 1.54) is 51.4 Å². The van der Waals surface area contributed by atoms with E-state index in [0.717, 1.165) is 11.8 Å². The van der Waals surface area contributed by atoms with Gasteiger partial charge in [0.2, 0.25) is 0 Å². The Kier molecular flexibility index (Phi) is 11.0. The molecule has 0 aliphatic carbocycles. The molecule has 0 bridgehead atoms. The van der Waals surface area contributed by atoms with Crippen LogP contribution in [0.2, 0.25) is 0 Å². The van der Waals surface area contributed by atoms with Gasteiger partial charge in [-0.2, -0.15) is 0 Å². The Morgan fingerprint density at radius 3 is 2.12 bits per heavy atom. The normalized spacial score (nSPS) is 15.5. The lowest BCUT2D eigenvalue weighted by Gasteiger charge is -2.13. The number of unbranched alkanes of at least 4 members (excludes halogenated alkanes) is 1. The van der Waals surface area contributed by atoms with Gasteiger partial charge in [-0.05, 0) is 24.7 Å². The number of hydrogen-bond donors (Lipinski definition) is 0. The molecule has 0 amide bonds. The zero-order valence-corrected chi connectivity index (χ0v) is 12.0. The molecular weight excluding hydrogens is 192 g/mol. The molecule has 0 radical (unpaired) electrons. The van der Waals surface area contributed by atoms with Gasteiger partial charge in [0.25, 0.3) is 0 Å². The van der Waals surface area contributed by atoms with Gasteiger partial charge in [0.15, 0.2) is 0 Å². The Balaban J connectivity index is 3.80. The van der Waals surface area contributed by atoms with Crippen molar-refractivity contribution in [1.82, 2.24) is 0 Å². The SMILES string of the molecule is CCCCC(CC=CC(C)CCC)CCC. The van der Waals surface area contributed by atoms with Crippen LogP contribution >= 0.6 is 0 Å². The first kappa shape index (κ1) is 15.7. The van der Waals surface area contributed by atoms with E-state index in [9.17, 15) is 0 Å². The summed E-state index contributed by atoms with van der Waals surface area (Å²) in [6.07, 6.45) is 15.7. The average Bonchev–Trinajstić information content (AvgIpc) is 2.26. The highest BCUT2D eigenvalue weighted by molar-refractivity contribution is 4.87. The van der Waals surface area contributed by atoms with Gasteiger partial charge in [-0.15, -0.1) is 0 Å². The number of allylic oxidation sites excluding steroid dienone is 2. The molecule has 0 aliphatic rings. The fourth-order valence-electron chi connectivity index (χ4n) is 2.34. The number of rotatable bonds is 10. The van der Waals surface area contributed by atoms with E-state index in [1.807, 2.05) is 0 Å². The van der Waals surface area contributed by atoms with E-state index < -0.39 is 0 Å². The molecule has 0 heteroatoms. The van der Waals surface area contributed by atoms with E-state index in [0.29, 0.717) is 0 Å². The molecule has 0 fully saturated rings. The third-order valence-electron chi connectivity index (χ3n) is 3.34. The van der Waals surface area contributed by atoms with Crippen LogP contribution in [0.3, 0.4) is 0 Å². The second-order valence-electron chi connectivity index (χ2n) is 5.23. The first-order chi connectivity index (χ1) is 7.74. The quantitative estimate of drug-likeness (QED) is 0.401. The highest BCUT2D eigenvalue weighted by Gasteiger charge is 2.05. The summed E-state index contributed by atoms with van der Waals surface area (Å²) < 4.78 is 0. The zero-order chi connectivity index (χ0) is 12.2. The summed E-state index contributed by atoms with van der Waals surface area (Å²) in [4.78, 5) is 0. The first-order valence-electron chi connectivity index (χ1n) is 7.41. The highest BCUT2D eigenvalue weighted by Crippen LogP contribution is 2.20. The molecule has 0 saturated heterocycles. The van der Waals surface area contributed by atoms with Crippen LogP contribution in [0.15, 0.2) is 12.2 Å². The highest BCUT2D eigenvalue weighted by atomic mass is 14.1. The molecule has 0 nitrogen and oxygen atoms in total. The van der Waals surface area contributed by atoms with Crippen LogP contribution in [0.25, 0.3) is 0 Å². The van der Waals surface area contributed by atoms with Crippen molar-refractivity contribution in [3.8, 4) is 0 Å². The molecule has 0 aromatic heterocycles. The Morgan fingerprint density at radius 2 is 1.56 bits per heavy atom. The standard InChI is InChI=1S/C16H32/c1-5-8-13-16(11-7-3)14-9-12-15(4)10-6-2/h9,12,15-16H,5-8,10-11,13-14H2,1-4H3. The topological polar surface area (TPSA) is 0 Å². The largest absolute Gasteiger partial charge is 0.0880 e. The Hall–Kier alpha value is -0.260. The second-order valence-corrected chi connectivity index (χ2v) is 5.23. The van der Waals surface area contributed by atoms with Crippen LogP contribution in [0.1, 0.15) is 79.1 Å². The molecular formula is C16H32. The molecule has 0 aliphatic heterocycles. The van der Waals surface area contributed by atoms with Crippen LogP contribution in [-0.2, 0) is 0 Å². The van der Waals surface area contributed by atoms with Gasteiger partial charge in [-0.1, -0.05) is 78.4 Å². The molecule has 0 rings (SSSR count). The average molecular weight is 224 g/mol. The predicted octanol–water partition coefficient (Wildman–Crippen LogP) is 5.98. The maximum Gasteiger partial charge on any atom is -0.0262 e. The molecule has 0 spiro atoms. The third kappa shape index (κ3) is 9.00. The maximum absolute atomic E-state index is 2.44. The van der Waals surface area contributed by atoms with Crippen molar-refractivity contribution in [3.63, 3.8) is 0 Å². The van der Waals surface area contributed by atoms with Gasteiger partial charge >= 0.3 is 0 Å². The van der Waals surface area contributed by atoms with Crippen molar-refractivity contribution < 1.29 is 0 Å². The lowest BCUT2D eigenvalue weighted by molar-refractivity contribution is 0.432. The van der Waals surface area contributed by atoms with Crippen molar-refractivity contribution in [2.45, 2.75) is 79.1 Å². The molecule has 0 heterocycles. The van der Waals surface area contributed by atoms with E-state index in [1.54, 1.807) is 0 Å². The summed E-state index contributed by atoms with van der Waals surface area (Å²) in [6.45, 7) is 9.21. The molecule has 0 N–H and O–H groups in total. The summed E-state index contributed by atoms with van der Waals surface area (Å²) in [7, 11) is 0. The maximum atomic E-state index is 2.44. The Labute approximate surface area is 104 Å². The Bertz CT molecular complexity index is 157. The van der Waals surface area contributed by atoms with Gasteiger partial charge in [-0.25, -0.2) is 0 Å². The fraction of sp³-hybridized carbons (Fsp3) is 0.875. The van der Waals surface area contributed by atoms with Crippen LogP contribution in [-0.4, -0.2) is 0 Å². The summed E-state index contributed by atoms with van der Waals surface area (Å²) in [5.41, 5.74) is 0. The lowest BCUT2D eigenvalue weighted by atomic mass is 9.93. The summed E-state index contributed by atoms with van der Waals surface area (Å²) in [5, 5.41) is 0. The molecule has 0 aromatic rings. The van der Waals surface area contributed by atoms with Gasteiger partial charge in [0.05, 0.1) is 0 Å². The predicted molar refractivity (Wildman–Crippen MR) is 75.8 cm³/mol. The number of hydrogen-bond acceptors (Lipinski definition) is 0. The molecule has 0 aromatic carbocycles. The lowest BCUT2D eigenvalue weighted by Crippen LogP contribution is -1.99. The molecule has 16 heavy (non-hydrogen) atoms. The Morgan fingerprint density at radius 1 is 0.875 bits per heavy atom. The van der Waals surface area contributed by atoms with Crippen molar-refractivity contribution in [1.29, 1.82) is 0 Å². The smallest absolute Gasteiger partial charge is 0.0262 e. The second kappa shape index (κ2) is 11.2. The minimum absolute atomic E-state index is 0.776. The van der Waals surface area contributed by atoms with Gasteiger partial charge < -0.3 is 0 Å². The van der Waals surface area contributed by atoms with Gasteiger partial charge in [0.1, 0.15) is 0 Å². The van der Waals surface area contributed by atoms with Crippen molar-refractivity contribution >= 4 is 0 Å². The van der Waals surface area contributed by atoms with Gasteiger partial charge in [-0.3, -0.25) is 0 Å². The van der Waals surface area contributed by atoms with E-state index in [4.69, 9.17) is 0 Å². The summed E-state index contributed by atoms with van der Waals surface area (Å²) >= 11 is 0. The van der Waals surface area contributed by atoms with Crippen molar-refractivity contribution in [3.05, 3.63) is 12.2 Å². The monoisotopic (exact) mass is 224 g/mol. The van der Waals surface area contributed by atoms with Crippen LogP contribution in [0, 0.1) is 11.8 Å². The van der Waals surface area contributed by atoms with Crippen LogP contribution < -0.4 is 0 Å². The minimum atomic E-state index is 0.776. The van der Waals surface area contributed by atoms with Crippen LogP contribution in [0.4, 0.5) is 0 Å². The van der Waals surface area contributed by atoms with Crippen molar-refractivity contribution in [2.24, 2.45) is 11.8 Å². The summed E-state index contributed by atoms with van der Waals surface area (Å²) in [6, 6.07) is 0. The molecule has 2 atom stereocenters.